The van der Waals surface area contributed by atoms with Gasteiger partial charge in [0.05, 0.1) is 0 Å². The van der Waals surface area contributed by atoms with Crippen LogP contribution < -0.4 is 5.73 Å². The van der Waals surface area contributed by atoms with Crippen molar-refractivity contribution in [1.29, 1.82) is 0 Å². The molecule has 0 aromatic rings. The van der Waals surface area contributed by atoms with Crippen molar-refractivity contribution in [1.82, 2.24) is 0 Å². The van der Waals surface area contributed by atoms with Gasteiger partial charge in [-0.3, -0.25) is 4.99 Å². The lowest BCUT2D eigenvalue weighted by Crippen LogP contribution is -2.04. The van der Waals surface area contributed by atoms with Crippen molar-refractivity contribution < 1.29 is 0 Å². The quantitative estimate of drug-likeness (QED) is 0.560. The first-order valence-electron chi connectivity index (χ1n) is 2.85. The van der Waals surface area contributed by atoms with Gasteiger partial charge in [-0.1, -0.05) is 13.2 Å². The van der Waals surface area contributed by atoms with Crippen molar-refractivity contribution in [3.8, 4) is 0 Å². The Labute approximate surface area is 55.8 Å². The SMILES string of the molecule is C=CN=C(C=C)CCN. The topological polar surface area (TPSA) is 38.4 Å². The average Bonchev–Trinajstić information content (AvgIpc) is 1.88. The normalized spacial score (nSPS) is 11.0. The van der Waals surface area contributed by atoms with E-state index >= 15 is 0 Å². The largest absolute Gasteiger partial charge is 0.330 e. The van der Waals surface area contributed by atoms with Crippen LogP contribution in [0.15, 0.2) is 30.4 Å². The molecule has 0 spiro atoms. The lowest BCUT2D eigenvalue weighted by molar-refractivity contribution is 1.04. The summed E-state index contributed by atoms with van der Waals surface area (Å²) in [6.45, 7) is 7.63. The van der Waals surface area contributed by atoms with Gasteiger partial charge in [-0.05, 0) is 12.6 Å². The monoisotopic (exact) mass is 124 g/mol. The fourth-order valence-electron chi connectivity index (χ4n) is 0.484. The first-order chi connectivity index (χ1) is 4.35. The Bertz CT molecular complexity index is 125. The van der Waals surface area contributed by atoms with Crippen LogP contribution in [0.4, 0.5) is 0 Å². The first-order valence-corrected chi connectivity index (χ1v) is 2.85. The second-order valence-corrected chi connectivity index (χ2v) is 1.55. The number of allylic oxidation sites excluding steroid dienone is 1. The van der Waals surface area contributed by atoms with Crippen LogP contribution in [0, 0.1) is 0 Å². The van der Waals surface area contributed by atoms with E-state index in [4.69, 9.17) is 5.73 Å². The van der Waals surface area contributed by atoms with Crippen LogP contribution in [0.2, 0.25) is 0 Å². The average molecular weight is 124 g/mol. The molecule has 2 heteroatoms. The van der Waals surface area contributed by atoms with E-state index in [9.17, 15) is 0 Å². The molecule has 0 atom stereocenters. The summed E-state index contributed by atoms with van der Waals surface area (Å²) >= 11 is 0. The van der Waals surface area contributed by atoms with Crippen LogP contribution in [0.5, 0.6) is 0 Å². The summed E-state index contributed by atoms with van der Waals surface area (Å²) in [5.41, 5.74) is 6.17. The lowest BCUT2D eigenvalue weighted by Gasteiger charge is -1.92. The second-order valence-electron chi connectivity index (χ2n) is 1.55. The van der Waals surface area contributed by atoms with Gasteiger partial charge in [0.25, 0.3) is 0 Å². The van der Waals surface area contributed by atoms with Crippen LogP contribution in [0.3, 0.4) is 0 Å². The summed E-state index contributed by atoms with van der Waals surface area (Å²) in [6, 6.07) is 0. The predicted octanol–water partition coefficient (Wildman–Crippen LogP) is 1.11. The van der Waals surface area contributed by atoms with Gasteiger partial charge in [0, 0.05) is 18.3 Å². The molecule has 0 bridgehead atoms. The van der Waals surface area contributed by atoms with Gasteiger partial charge in [0.2, 0.25) is 0 Å². The van der Waals surface area contributed by atoms with E-state index in [0.717, 1.165) is 12.1 Å². The minimum absolute atomic E-state index is 0.610. The summed E-state index contributed by atoms with van der Waals surface area (Å²) < 4.78 is 0. The number of nitrogens with zero attached hydrogens (tertiary/aromatic N) is 1. The summed E-state index contributed by atoms with van der Waals surface area (Å²) in [5.74, 6) is 0. The predicted molar refractivity (Wildman–Crippen MR) is 41.5 cm³/mol. The minimum atomic E-state index is 0.610. The third kappa shape index (κ3) is 3.67. The third-order valence-corrected chi connectivity index (χ3v) is 0.893. The number of aliphatic imine (C=N–C) groups is 1. The molecule has 2 nitrogen and oxygen atoms in total. The number of hydrogen-bond donors (Lipinski definition) is 1. The molecule has 0 unspecified atom stereocenters. The maximum Gasteiger partial charge on any atom is 0.0410 e. The summed E-state index contributed by atoms with van der Waals surface area (Å²) in [4.78, 5) is 3.91. The van der Waals surface area contributed by atoms with Crippen LogP contribution in [0.1, 0.15) is 6.42 Å². The molecular weight excluding hydrogens is 112 g/mol. The van der Waals surface area contributed by atoms with Gasteiger partial charge in [-0.2, -0.15) is 0 Å². The van der Waals surface area contributed by atoms with Crippen molar-refractivity contribution in [3.05, 3.63) is 25.4 Å². The molecule has 0 heterocycles. The van der Waals surface area contributed by atoms with Crippen molar-refractivity contribution in [3.63, 3.8) is 0 Å². The molecule has 0 aliphatic carbocycles. The van der Waals surface area contributed by atoms with Crippen LogP contribution >= 0.6 is 0 Å². The van der Waals surface area contributed by atoms with Crippen LogP contribution in [-0.2, 0) is 0 Å². The highest BCUT2D eigenvalue weighted by Crippen LogP contribution is 1.86. The Morgan fingerprint density at radius 2 is 2.22 bits per heavy atom. The van der Waals surface area contributed by atoms with E-state index in [0.29, 0.717) is 6.54 Å². The van der Waals surface area contributed by atoms with Crippen molar-refractivity contribution >= 4 is 5.71 Å². The van der Waals surface area contributed by atoms with Gasteiger partial charge in [-0.15, -0.1) is 0 Å². The number of rotatable bonds is 4. The Hall–Kier alpha value is -0.890. The van der Waals surface area contributed by atoms with Gasteiger partial charge in [0.1, 0.15) is 0 Å². The zero-order chi connectivity index (χ0) is 7.11. The van der Waals surface area contributed by atoms with E-state index in [1.54, 1.807) is 6.08 Å². The fourth-order valence-corrected chi connectivity index (χ4v) is 0.484. The molecule has 0 fully saturated rings. The van der Waals surface area contributed by atoms with Crippen LogP contribution in [-0.4, -0.2) is 12.3 Å². The highest BCUT2D eigenvalue weighted by molar-refractivity contribution is 5.94. The molecule has 0 aromatic carbocycles. The third-order valence-electron chi connectivity index (χ3n) is 0.893. The first kappa shape index (κ1) is 8.11. The van der Waals surface area contributed by atoms with Crippen molar-refractivity contribution in [2.75, 3.05) is 6.54 Å². The van der Waals surface area contributed by atoms with Crippen molar-refractivity contribution in [2.24, 2.45) is 10.7 Å². The molecule has 0 saturated heterocycles. The maximum absolute atomic E-state index is 5.27. The van der Waals surface area contributed by atoms with E-state index in [2.05, 4.69) is 18.2 Å². The van der Waals surface area contributed by atoms with E-state index < -0.39 is 0 Å². The van der Waals surface area contributed by atoms with Crippen molar-refractivity contribution in [2.45, 2.75) is 6.42 Å². The molecule has 0 amide bonds. The highest BCUT2D eigenvalue weighted by Gasteiger charge is 1.86. The Kier molecular flexibility index (Phi) is 4.73. The molecule has 9 heavy (non-hydrogen) atoms. The Morgan fingerprint density at radius 1 is 1.56 bits per heavy atom. The minimum Gasteiger partial charge on any atom is -0.330 e. The molecule has 50 valence electrons. The summed E-state index contributed by atoms with van der Waals surface area (Å²) in [7, 11) is 0. The molecular formula is C7H12N2. The van der Waals surface area contributed by atoms with Crippen LogP contribution in [0.25, 0.3) is 0 Å². The number of nitrogens with two attached hydrogens (primary N) is 1. The molecule has 2 N–H and O–H groups in total. The molecule has 0 aliphatic heterocycles. The molecule has 0 radical (unpaired) electrons. The zero-order valence-electron chi connectivity index (χ0n) is 5.51. The Morgan fingerprint density at radius 3 is 2.56 bits per heavy atom. The lowest BCUT2D eigenvalue weighted by atomic mass is 10.3. The summed E-state index contributed by atoms with van der Waals surface area (Å²) in [6.07, 6.45) is 3.96. The molecule has 0 rings (SSSR count). The van der Waals surface area contributed by atoms with E-state index in [1.165, 1.54) is 6.20 Å². The Balaban J connectivity index is 3.80. The maximum atomic E-state index is 5.27. The number of hydrogen-bond acceptors (Lipinski definition) is 2. The van der Waals surface area contributed by atoms with Gasteiger partial charge in [0.15, 0.2) is 0 Å². The molecule has 0 aromatic heterocycles. The van der Waals surface area contributed by atoms with Gasteiger partial charge < -0.3 is 5.73 Å². The zero-order valence-corrected chi connectivity index (χ0v) is 5.51. The molecule has 0 saturated carbocycles. The highest BCUT2D eigenvalue weighted by atomic mass is 14.7. The second kappa shape index (κ2) is 5.25. The van der Waals surface area contributed by atoms with E-state index in [-0.39, 0.29) is 0 Å². The smallest absolute Gasteiger partial charge is 0.0410 e. The van der Waals surface area contributed by atoms with Gasteiger partial charge >= 0.3 is 0 Å². The standard InChI is InChI=1S/C7H12N2/c1-3-7(5-6-8)9-4-2/h3-4H,1-2,5-6,8H2. The van der Waals surface area contributed by atoms with E-state index in [1.807, 2.05) is 0 Å². The van der Waals surface area contributed by atoms with Gasteiger partial charge in [-0.25, -0.2) is 0 Å². The molecule has 0 aliphatic rings. The summed E-state index contributed by atoms with van der Waals surface area (Å²) in [5, 5.41) is 0. The fraction of sp³-hybridized carbons (Fsp3) is 0.286.